The van der Waals surface area contributed by atoms with Gasteiger partial charge in [0.15, 0.2) is 0 Å². The number of benzene rings is 1. The molecular formula is C16H20N2O2S. The van der Waals surface area contributed by atoms with Gasteiger partial charge in [0.2, 0.25) is 11.8 Å². The van der Waals surface area contributed by atoms with E-state index >= 15 is 0 Å². The first-order chi connectivity index (χ1) is 10.1. The van der Waals surface area contributed by atoms with Crippen LogP contribution >= 0.6 is 11.8 Å². The van der Waals surface area contributed by atoms with Gasteiger partial charge in [-0.1, -0.05) is 18.2 Å². The number of hydrogen-bond acceptors (Lipinski definition) is 3. The van der Waals surface area contributed by atoms with Crippen LogP contribution in [-0.2, 0) is 16.0 Å². The van der Waals surface area contributed by atoms with Crippen molar-refractivity contribution in [3.05, 3.63) is 29.8 Å². The van der Waals surface area contributed by atoms with Gasteiger partial charge < -0.3 is 9.80 Å². The molecule has 5 heteroatoms. The Balaban J connectivity index is 1.63. The van der Waals surface area contributed by atoms with E-state index < -0.39 is 0 Å². The lowest BCUT2D eigenvalue weighted by atomic mass is 10.1. The highest BCUT2D eigenvalue weighted by Gasteiger charge is 2.32. The first-order valence-electron chi connectivity index (χ1n) is 7.44. The summed E-state index contributed by atoms with van der Waals surface area (Å²) in [6, 6.07) is 8.25. The van der Waals surface area contributed by atoms with E-state index in [9.17, 15) is 9.59 Å². The Morgan fingerprint density at radius 2 is 1.81 bits per heavy atom. The van der Waals surface area contributed by atoms with Crippen molar-refractivity contribution in [2.45, 2.75) is 29.9 Å². The highest BCUT2D eigenvalue weighted by molar-refractivity contribution is 8.01. The van der Waals surface area contributed by atoms with Crippen LogP contribution in [0.25, 0.3) is 0 Å². The number of thioether (sulfide) groups is 1. The van der Waals surface area contributed by atoms with Gasteiger partial charge >= 0.3 is 0 Å². The van der Waals surface area contributed by atoms with Crippen LogP contribution < -0.4 is 0 Å². The normalized spacial score (nSPS) is 21.9. The average Bonchev–Trinajstić information content (AvgIpc) is 2.75. The number of hydrogen-bond donors (Lipinski definition) is 0. The highest BCUT2D eigenvalue weighted by Crippen LogP contribution is 2.37. The number of fused-ring (bicyclic) bond motifs is 1. The summed E-state index contributed by atoms with van der Waals surface area (Å²) >= 11 is 1.68. The third kappa shape index (κ3) is 3.07. The second kappa shape index (κ2) is 6.10. The Morgan fingerprint density at radius 1 is 1.10 bits per heavy atom. The van der Waals surface area contributed by atoms with Gasteiger partial charge in [0, 0.05) is 38.0 Å². The average molecular weight is 304 g/mol. The molecule has 1 aromatic rings. The summed E-state index contributed by atoms with van der Waals surface area (Å²) in [5.41, 5.74) is 1.28. The molecule has 0 saturated carbocycles. The molecule has 2 amide bonds. The lowest BCUT2D eigenvalue weighted by molar-refractivity contribution is -0.132. The number of carbonyl (C=O) groups is 2. The van der Waals surface area contributed by atoms with Crippen molar-refractivity contribution >= 4 is 23.6 Å². The maximum absolute atomic E-state index is 12.7. The lowest BCUT2D eigenvalue weighted by Gasteiger charge is -2.23. The second-order valence-corrected chi connectivity index (χ2v) is 6.85. The topological polar surface area (TPSA) is 40.6 Å². The largest absolute Gasteiger partial charge is 0.341 e. The summed E-state index contributed by atoms with van der Waals surface area (Å²) in [7, 11) is 0. The van der Waals surface area contributed by atoms with E-state index in [1.54, 1.807) is 18.7 Å². The molecule has 0 radical (unpaired) electrons. The quantitative estimate of drug-likeness (QED) is 0.794. The van der Waals surface area contributed by atoms with Gasteiger partial charge in [-0.2, -0.15) is 0 Å². The summed E-state index contributed by atoms with van der Waals surface area (Å²) < 4.78 is 0. The predicted molar refractivity (Wildman–Crippen MR) is 83.2 cm³/mol. The van der Waals surface area contributed by atoms with Crippen molar-refractivity contribution in [1.82, 2.24) is 9.80 Å². The van der Waals surface area contributed by atoms with Crippen LogP contribution in [-0.4, -0.2) is 53.0 Å². The van der Waals surface area contributed by atoms with Crippen molar-refractivity contribution in [3.8, 4) is 0 Å². The van der Waals surface area contributed by atoms with E-state index in [1.807, 2.05) is 21.9 Å². The van der Waals surface area contributed by atoms with E-state index in [-0.39, 0.29) is 17.1 Å². The smallest absolute Gasteiger partial charge is 0.236 e. The van der Waals surface area contributed by atoms with Crippen LogP contribution in [0, 0.1) is 0 Å². The van der Waals surface area contributed by atoms with Crippen LogP contribution in [0.1, 0.15) is 18.9 Å². The molecule has 0 spiro atoms. The summed E-state index contributed by atoms with van der Waals surface area (Å²) in [5, 5.41) is 0.00581. The minimum absolute atomic E-state index is 0.00581. The van der Waals surface area contributed by atoms with Gasteiger partial charge in [-0.05, 0) is 24.5 Å². The third-order valence-corrected chi connectivity index (χ3v) is 5.48. The summed E-state index contributed by atoms with van der Waals surface area (Å²) in [4.78, 5) is 29.2. The number of carbonyl (C=O) groups excluding carboxylic acids is 2. The summed E-state index contributed by atoms with van der Waals surface area (Å²) in [5.74, 6) is 0.327. The second-order valence-electron chi connectivity index (χ2n) is 5.60. The molecule has 0 aliphatic carbocycles. The molecule has 1 fully saturated rings. The molecule has 0 N–H and O–H groups in total. The number of nitrogens with zero attached hydrogens (tertiary/aromatic N) is 2. The third-order valence-electron chi connectivity index (χ3n) is 4.18. The Morgan fingerprint density at radius 3 is 2.57 bits per heavy atom. The van der Waals surface area contributed by atoms with Gasteiger partial charge in [-0.15, -0.1) is 11.8 Å². The molecule has 3 rings (SSSR count). The fraction of sp³-hybridized carbons (Fsp3) is 0.500. The van der Waals surface area contributed by atoms with Crippen molar-refractivity contribution in [2.24, 2.45) is 0 Å². The number of rotatable bonds is 1. The molecule has 4 nitrogen and oxygen atoms in total. The monoisotopic (exact) mass is 304 g/mol. The molecule has 0 aromatic heterocycles. The lowest BCUT2D eigenvalue weighted by Crippen LogP contribution is -2.40. The molecule has 2 aliphatic rings. The Kier molecular flexibility index (Phi) is 4.19. The molecule has 0 bridgehead atoms. The van der Waals surface area contributed by atoms with E-state index in [0.29, 0.717) is 13.1 Å². The summed E-state index contributed by atoms with van der Waals surface area (Å²) in [6.07, 6.45) is 1.70. The van der Waals surface area contributed by atoms with Crippen LogP contribution in [0.3, 0.4) is 0 Å². The minimum atomic E-state index is 0.00581. The van der Waals surface area contributed by atoms with Crippen LogP contribution in [0.15, 0.2) is 29.2 Å². The fourth-order valence-corrected chi connectivity index (χ4v) is 4.26. The van der Waals surface area contributed by atoms with E-state index in [0.717, 1.165) is 25.9 Å². The van der Waals surface area contributed by atoms with Gasteiger partial charge in [0.1, 0.15) is 0 Å². The highest BCUT2D eigenvalue weighted by atomic mass is 32.2. The fourth-order valence-electron chi connectivity index (χ4n) is 2.98. The maximum Gasteiger partial charge on any atom is 0.236 e. The standard InChI is InChI=1S/C16H20N2O2S/c1-12(19)17-7-4-8-18(10-9-17)16(20)15-11-13-5-2-3-6-14(13)21-15/h2-3,5-6,15H,4,7-11H2,1H3. The number of amides is 2. The Hall–Kier alpha value is -1.49. The molecule has 1 unspecified atom stereocenters. The molecule has 2 aliphatic heterocycles. The minimum Gasteiger partial charge on any atom is -0.341 e. The zero-order chi connectivity index (χ0) is 14.8. The molecule has 112 valence electrons. The Labute approximate surface area is 129 Å². The maximum atomic E-state index is 12.7. The summed E-state index contributed by atoms with van der Waals surface area (Å²) in [6.45, 7) is 4.44. The van der Waals surface area contributed by atoms with Crippen molar-refractivity contribution in [1.29, 1.82) is 0 Å². The molecule has 1 aromatic carbocycles. The predicted octanol–water partition coefficient (Wildman–Crippen LogP) is 1.78. The van der Waals surface area contributed by atoms with Gasteiger partial charge in [-0.25, -0.2) is 0 Å². The van der Waals surface area contributed by atoms with Crippen molar-refractivity contribution in [2.75, 3.05) is 26.2 Å². The zero-order valence-electron chi connectivity index (χ0n) is 12.2. The zero-order valence-corrected chi connectivity index (χ0v) is 13.1. The van der Waals surface area contributed by atoms with E-state index in [2.05, 4.69) is 12.1 Å². The molecule has 21 heavy (non-hydrogen) atoms. The first kappa shape index (κ1) is 14.4. The van der Waals surface area contributed by atoms with E-state index in [4.69, 9.17) is 0 Å². The van der Waals surface area contributed by atoms with E-state index in [1.165, 1.54) is 10.5 Å². The van der Waals surface area contributed by atoms with Crippen molar-refractivity contribution in [3.63, 3.8) is 0 Å². The van der Waals surface area contributed by atoms with Crippen LogP contribution in [0.4, 0.5) is 0 Å². The molecular weight excluding hydrogens is 284 g/mol. The Bertz CT molecular complexity index is 536. The van der Waals surface area contributed by atoms with Crippen LogP contribution in [0.5, 0.6) is 0 Å². The van der Waals surface area contributed by atoms with Gasteiger partial charge in [0.05, 0.1) is 5.25 Å². The van der Waals surface area contributed by atoms with Gasteiger partial charge in [-0.3, -0.25) is 9.59 Å². The molecule has 1 saturated heterocycles. The molecule has 1 atom stereocenters. The first-order valence-corrected chi connectivity index (χ1v) is 8.32. The SMILES string of the molecule is CC(=O)N1CCCN(C(=O)C2Cc3ccccc3S2)CC1. The molecule has 2 heterocycles. The van der Waals surface area contributed by atoms with Crippen LogP contribution in [0.2, 0.25) is 0 Å². The van der Waals surface area contributed by atoms with Crippen molar-refractivity contribution < 1.29 is 9.59 Å². The van der Waals surface area contributed by atoms with Gasteiger partial charge in [0.25, 0.3) is 0 Å².